The molecule has 0 aromatic heterocycles. The van der Waals surface area contributed by atoms with Crippen LogP contribution in [0.1, 0.15) is 18.9 Å². The Morgan fingerprint density at radius 3 is 2.52 bits per heavy atom. The van der Waals surface area contributed by atoms with Crippen molar-refractivity contribution in [1.82, 2.24) is 8.61 Å². The zero-order valence-electron chi connectivity index (χ0n) is 16.2. The lowest BCUT2D eigenvalue weighted by Crippen LogP contribution is -2.51. The molecule has 1 heterocycles. The lowest BCUT2D eigenvalue weighted by atomic mass is 10.2. The van der Waals surface area contributed by atoms with Gasteiger partial charge >= 0.3 is 0 Å². The number of nitrogens with one attached hydrogen (secondary N) is 1. The second-order valence-corrected chi connectivity index (χ2v) is 8.56. The molecule has 29 heavy (non-hydrogen) atoms. The van der Waals surface area contributed by atoms with Crippen LogP contribution >= 0.6 is 0 Å². The molecule has 1 saturated heterocycles. The Kier molecular flexibility index (Phi) is 6.83. The van der Waals surface area contributed by atoms with Crippen LogP contribution < -0.4 is 10.1 Å². The summed E-state index contributed by atoms with van der Waals surface area (Å²) in [5.41, 5.74) is 1.18. The monoisotopic (exact) mass is 421 g/mol. The highest BCUT2D eigenvalue weighted by molar-refractivity contribution is 7.86. The highest BCUT2D eigenvalue weighted by Gasteiger charge is 2.34. The van der Waals surface area contributed by atoms with Gasteiger partial charge in [-0.05, 0) is 43.2 Å². The van der Waals surface area contributed by atoms with E-state index in [0.29, 0.717) is 36.6 Å². The number of rotatable bonds is 7. The van der Waals surface area contributed by atoms with E-state index in [1.165, 1.54) is 20.7 Å². The third kappa shape index (κ3) is 5.31. The normalized spacial score (nSPS) is 17.0. The standard InChI is InChI=1S/C20H24FN3O4S/c1-2-28-19-7-4-3-6-18(19)22-20(25)15-24-13-5-12-23(29(24,26)27)14-16-8-10-17(21)11-9-16/h3-4,6-11H,2,5,12-15H2,1H3,(H,22,25). The van der Waals surface area contributed by atoms with Gasteiger partial charge in [0.1, 0.15) is 11.6 Å². The molecule has 0 spiro atoms. The molecule has 0 atom stereocenters. The average molecular weight is 421 g/mol. The van der Waals surface area contributed by atoms with E-state index in [2.05, 4.69) is 5.32 Å². The van der Waals surface area contributed by atoms with Crippen LogP contribution in [-0.2, 0) is 21.5 Å². The minimum absolute atomic E-state index is 0.133. The van der Waals surface area contributed by atoms with Gasteiger partial charge in [0.05, 0.1) is 18.8 Å². The first kappa shape index (κ1) is 21.2. The quantitative estimate of drug-likeness (QED) is 0.745. The number of carbonyl (C=O) groups excluding carboxylic acids is 1. The van der Waals surface area contributed by atoms with Crippen LogP contribution in [0.2, 0.25) is 0 Å². The Balaban J connectivity index is 1.67. The molecule has 7 nitrogen and oxygen atoms in total. The van der Waals surface area contributed by atoms with E-state index in [9.17, 15) is 17.6 Å². The number of amides is 1. The van der Waals surface area contributed by atoms with Crippen LogP contribution in [0.15, 0.2) is 48.5 Å². The van der Waals surface area contributed by atoms with Crippen LogP contribution in [0.25, 0.3) is 0 Å². The van der Waals surface area contributed by atoms with Crippen molar-refractivity contribution in [1.29, 1.82) is 0 Å². The number of nitrogens with zero attached hydrogens (tertiary/aromatic N) is 2. The van der Waals surface area contributed by atoms with Crippen LogP contribution in [0, 0.1) is 5.82 Å². The van der Waals surface area contributed by atoms with E-state index in [-0.39, 0.29) is 25.5 Å². The smallest absolute Gasteiger partial charge is 0.282 e. The molecule has 1 N–H and O–H groups in total. The Morgan fingerprint density at radius 2 is 1.79 bits per heavy atom. The molecule has 0 bridgehead atoms. The Labute approximate surface area is 170 Å². The van der Waals surface area contributed by atoms with Gasteiger partial charge in [-0.25, -0.2) is 4.39 Å². The maximum absolute atomic E-state index is 13.1. The number of anilines is 1. The number of hydrogen-bond donors (Lipinski definition) is 1. The summed E-state index contributed by atoms with van der Waals surface area (Å²) in [6, 6.07) is 12.7. The molecule has 1 amide bonds. The second-order valence-electron chi connectivity index (χ2n) is 6.63. The number of carbonyl (C=O) groups is 1. The maximum atomic E-state index is 13.1. The van der Waals surface area contributed by atoms with E-state index in [1.54, 1.807) is 36.4 Å². The minimum atomic E-state index is -3.80. The maximum Gasteiger partial charge on any atom is 0.282 e. The third-order valence-corrected chi connectivity index (χ3v) is 6.45. The topological polar surface area (TPSA) is 79.0 Å². The SMILES string of the molecule is CCOc1ccccc1NC(=O)CN1CCCN(Cc2ccc(F)cc2)S1(=O)=O. The summed E-state index contributed by atoms with van der Waals surface area (Å²) in [5, 5.41) is 2.72. The van der Waals surface area contributed by atoms with E-state index in [0.717, 1.165) is 0 Å². The van der Waals surface area contributed by atoms with Crippen molar-refractivity contribution in [2.75, 3.05) is 31.6 Å². The molecule has 0 aliphatic carbocycles. The molecule has 2 aromatic carbocycles. The fourth-order valence-corrected chi connectivity index (χ4v) is 4.77. The van der Waals surface area contributed by atoms with Crippen molar-refractivity contribution in [3.05, 3.63) is 59.9 Å². The molecule has 156 valence electrons. The summed E-state index contributed by atoms with van der Waals surface area (Å²) < 4.78 is 46.9. The van der Waals surface area contributed by atoms with Crippen molar-refractivity contribution < 1.29 is 22.3 Å². The van der Waals surface area contributed by atoms with Crippen molar-refractivity contribution in [2.24, 2.45) is 0 Å². The van der Waals surface area contributed by atoms with Gasteiger partial charge in [-0.15, -0.1) is 0 Å². The van der Waals surface area contributed by atoms with Gasteiger partial charge in [-0.3, -0.25) is 4.79 Å². The van der Waals surface area contributed by atoms with Gasteiger partial charge in [-0.2, -0.15) is 17.0 Å². The van der Waals surface area contributed by atoms with Crippen LogP contribution in [0.3, 0.4) is 0 Å². The van der Waals surface area contributed by atoms with Gasteiger partial charge < -0.3 is 10.1 Å². The van der Waals surface area contributed by atoms with E-state index >= 15 is 0 Å². The Bertz CT molecular complexity index is 950. The molecule has 0 radical (unpaired) electrons. The zero-order valence-corrected chi connectivity index (χ0v) is 17.0. The van der Waals surface area contributed by atoms with E-state index in [1.807, 2.05) is 6.92 Å². The predicted molar refractivity (Wildman–Crippen MR) is 108 cm³/mol. The first-order valence-corrected chi connectivity index (χ1v) is 10.8. The molecule has 0 saturated carbocycles. The van der Waals surface area contributed by atoms with Crippen LogP contribution in [0.4, 0.5) is 10.1 Å². The fraction of sp³-hybridized carbons (Fsp3) is 0.350. The fourth-order valence-electron chi connectivity index (χ4n) is 3.13. The summed E-state index contributed by atoms with van der Waals surface area (Å²) >= 11 is 0. The number of benzene rings is 2. The van der Waals surface area contributed by atoms with Crippen molar-refractivity contribution in [3.8, 4) is 5.75 Å². The van der Waals surface area contributed by atoms with E-state index < -0.39 is 16.1 Å². The van der Waals surface area contributed by atoms with Gasteiger partial charge in [0.15, 0.2) is 0 Å². The second kappa shape index (κ2) is 9.34. The number of hydrogen-bond acceptors (Lipinski definition) is 4. The number of ether oxygens (including phenoxy) is 1. The molecular formula is C20H24FN3O4S. The molecule has 3 rings (SSSR count). The molecule has 0 unspecified atom stereocenters. The molecule has 2 aromatic rings. The summed E-state index contributed by atoms with van der Waals surface area (Å²) in [6.45, 7) is 2.75. The lowest BCUT2D eigenvalue weighted by Gasteiger charge is -2.34. The van der Waals surface area contributed by atoms with Gasteiger partial charge in [-0.1, -0.05) is 24.3 Å². The zero-order chi connectivity index (χ0) is 20.9. The molecule has 1 aliphatic rings. The largest absolute Gasteiger partial charge is 0.492 e. The molecule has 1 aliphatic heterocycles. The van der Waals surface area contributed by atoms with Crippen LogP contribution in [0.5, 0.6) is 5.75 Å². The third-order valence-electron chi connectivity index (χ3n) is 4.52. The van der Waals surface area contributed by atoms with Crippen molar-refractivity contribution in [3.63, 3.8) is 0 Å². The average Bonchev–Trinajstić information content (AvgIpc) is 2.68. The summed E-state index contributed by atoms with van der Waals surface area (Å²) in [6.07, 6.45) is 0.600. The summed E-state index contributed by atoms with van der Waals surface area (Å²) in [7, 11) is -3.80. The predicted octanol–water partition coefficient (Wildman–Crippen LogP) is 2.62. The van der Waals surface area contributed by atoms with Gasteiger partial charge in [0.25, 0.3) is 10.2 Å². The Hall–Kier alpha value is -2.49. The molecule has 9 heteroatoms. The van der Waals surface area contributed by atoms with Gasteiger partial charge in [0.2, 0.25) is 5.91 Å². The first-order chi connectivity index (χ1) is 13.9. The van der Waals surface area contributed by atoms with Gasteiger partial charge in [0, 0.05) is 19.6 Å². The number of halogens is 1. The minimum Gasteiger partial charge on any atom is -0.492 e. The highest BCUT2D eigenvalue weighted by Crippen LogP contribution is 2.24. The first-order valence-electron chi connectivity index (χ1n) is 9.41. The van der Waals surface area contributed by atoms with Crippen molar-refractivity contribution >= 4 is 21.8 Å². The highest BCUT2D eigenvalue weighted by atomic mass is 32.2. The summed E-state index contributed by atoms with van der Waals surface area (Å²) in [4.78, 5) is 12.5. The molecule has 1 fully saturated rings. The lowest BCUT2D eigenvalue weighted by molar-refractivity contribution is -0.116. The van der Waals surface area contributed by atoms with E-state index in [4.69, 9.17) is 4.74 Å². The number of para-hydroxylation sites is 2. The Morgan fingerprint density at radius 1 is 1.10 bits per heavy atom. The van der Waals surface area contributed by atoms with Crippen molar-refractivity contribution in [2.45, 2.75) is 19.9 Å². The summed E-state index contributed by atoms with van der Waals surface area (Å²) in [5.74, 6) is -0.284. The molecular weight excluding hydrogens is 397 g/mol. The van der Waals surface area contributed by atoms with Crippen LogP contribution in [-0.4, -0.2) is 49.2 Å².